The Morgan fingerprint density at radius 3 is 2.48 bits per heavy atom. The molecule has 0 nitrogen and oxygen atoms in total. The van der Waals surface area contributed by atoms with Gasteiger partial charge in [-0.2, -0.15) is 0 Å². The highest BCUT2D eigenvalue weighted by Crippen LogP contribution is 2.45. The molecule has 0 spiro atoms. The zero-order valence-corrected chi connectivity index (χ0v) is 12.6. The van der Waals surface area contributed by atoms with Gasteiger partial charge in [0.05, 0.1) is 0 Å². The van der Waals surface area contributed by atoms with Crippen LogP contribution in [-0.4, -0.2) is 0 Å². The highest BCUT2D eigenvalue weighted by molar-refractivity contribution is 7.26. The maximum absolute atomic E-state index is 2.36. The van der Waals surface area contributed by atoms with Gasteiger partial charge in [0.1, 0.15) is 0 Å². The predicted molar refractivity (Wildman–Crippen MR) is 92.3 cm³/mol. The summed E-state index contributed by atoms with van der Waals surface area (Å²) in [5, 5.41) is 2.91. The van der Waals surface area contributed by atoms with E-state index in [4.69, 9.17) is 0 Å². The average molecular weight is 286 g/mol. The van der Waals surface area contributed by atoms with E-state index in [0.29, 0.717) is 5.92 Å². The minimum atomic E-state index is 0.444. The van der Waals surface area contributed by atoms with Crippen LogP contribution in [0.15, 0.2) is 60.7 Å². The number of rotatable bonds is 0. The molecule has 5 rings (SSSR count). The summed E-state index contributed by atoms with van der Waals surface area (Å²) < 4.78 is 2.81. The van der Waals surface area contributed by atoms with Crippen LogP contribution in [-0.2, 0) is 0 Å². The van der Waals surface area contributed by atoms with E-state index in [1.807, 2.05) is 11.3 Å². The maximum atomic E-state index is 2.36. The lowest BCUT2D eigenvalue weighted by molar-refractivity contribution is 0.934. The van der Waals surface area contributed by atoms with Gasteiger partial charge in [-0.1, -0.05) is 55.5 Å². The van der Waals surface area contributed by atoms with E-state index in [-0.39, 0.29) is 0 Å². The fourth-order valence-corrected chi connectivity index (χ4v) is 4.82. The van der Waals surface area contributed by atoms with E-state index in [1.165, 1.54) is 42.4 Å². The van der Waals surface area contributed by atoms with Gasteiger partial charge < -0.3 is 0 Å². The zero-order valence-electron chi connectivity index (χ0n) is 11.8. The third-order valence-electron chi connectivity index (χ3n) is 4.72. The number of hydrogen-bond donors (Lipinski definition) is 0. The standard InChI is InChI=1S/C20H14S/c1-12-13-5-2-6-14(11-13)16-8-4-10-18-20(16)19-15(12)7-3-9-17(19)21-18/h2-12H,1H3. The van der Waals surface area contributed by atoms with Crippen molar-refractivity contribution in [3.05, 3.63) is 71.8 Å². The summed E-state index contributed by atoms with van der Waals surface area (Å²) in [6.07, 6.45) is 0. The van der Waals surface area contributed by atoms with Crippen LogP contribution in [0.2, 0.25) is 0 Å². The van der Waals surface area contributed by atoms with Crippen molar-refractivity contribution in [1.29, 1.82) is 0 Å². The van der Waals surface area contributed by atoms with Crippen LogP contribution < -0.4 is 0 Å². The molecule has 0 aliphatic heterocycles. The Morgan fingerprint density at radius 2 is 1.57 bits per heavy atom. The van der Waals surface area contributed by atoms with Crippen LogP contribution >= 0.6 is 11.3 Å². The fraction of sp³-hybridized carbons (Fsp3) is 0.100. The molecule has 1 atom stereocenters. The van der Waals surface area contributed by atoms with E-state index in [2.05, 4.69) is 67.6 Å². The largest absolute Gasteiger partial charge is 0.135 e. The minimum Gasteiger partial charge on any atom is -0.135 e. The molecular weight excluding hydrogens is 272 g/mol. The smallest absolute Gasteiger partial charge is 0.0361 e. The van der Waals surface area contributed by atoms with Gasteiger partial charge in [-0.25, -0.2) is 0 Å². The van der Waals surface area contributed by atoms with Gasteiger partial charge in [0.2, 0.25) is 0 Å². The molecule has 2 bridgehead atoms. The maximum Gasteiger partial charge on any atom is 0.0361 e. The Labute approximate surface area is 127 Å². The predicted octanol–water partition coefficient (Wildman–Crippen LogP) is 6.19. The minimum absolute atomic E-state index is 0.444. The summed E-state index contributed by atoms with van der Waals surface area (Å²) in [7, 11) is 0. The Hall–Kier alpha value is -2.12. The van der Waals surface area contributed by atoms with Gasteiger partial charge >= 0.3 is 0 Å². The van der Waals surface area contributed by atoms with Crippen LogP contribution in [0.4, 0.5) is 0 Å². The van der Waals surface area contributed by atoms with Crippen molar-refractivity contribution in [2.45, 2.75) is 12.8 Å². The molecule has 1 aromatic heterocycles. The second kappa shape index (κ2) is 3.96. The van der Waals surface area contributed by atoms with Gasteiger partial charge in [0.25, 0.3) is 0 Å². The van der Waals surface area contributed by atoms with E-state index >= 15 is 0 Å². The summed E-state index contributed by atoms with van der Waals surface area (Å²) in [6, 6.07) is 22.5. The second-order valence-corrected chi connectivity index (χ2v) is 6.93. The molecule has 0 saturated heterocycles. The first-order valence-corrected chi connectivity index (χ1v) is 8.19. The topological polar surface area (TPSA) is 0 Å². The lowest BCUT2D eigenvalue weighted by Crippen LogP contribution is -1.99. The van der Waals surface area contributed by atoms with E-state index < -0.39 is 0 Å². The molecule has 0 fully saturated rings. The Balaban J connectivity index is 2.13. The van der Waals surface area contributed by atoms with Crippen molar-refractivity contribution in [3.8, 4) is 11.1 Å². The Kier molecular flexibility index (Phi) is 2.17. The third kappa shape index (κ3) is 1.44. The monoisotopic (exact) mass is 286 g/mol. The lowest BCUT2D eigenvalue weighted by atomic mass is 9.84. The fourth-order valence-electron chi connectivity index (χ4n) is 3.65. The van der Waals surface area contributed by atoms with Crippen molar-refractivity contribution in [3.63, 3.8) is 0 Å². The number of benzene rings is 3. The van der Waals surface area contributed by atoms with Gasteiger partial charge in [0.15, 0.2) is 0 Å². The van der Waals surface area contributed by atoms with Gasteiger partial charge in [-0.05, 0) is 34.4 Å². The lowest BCUT2D eigenvalue weighted by Gasteiger charge is -2.19. The summed E-state index contributed by atoms with van der Waals surface area (Å²) in [6.45, 7) is 2.32. The summed E-state index contributed by atoms with van der Waals surface area (Å²) in [5.41, 5.74) is 5.59. The van der Waals surface area contributed by atoms with Crippen LogP contribution in [0.1, 0.15) is 24.0 Å². The molecule has 0 amide bonds. The second-order valence-electron chi connectivity index (χ2n) is 5.85. The molecule has 1 aliphatic rings. The van der Waals surface area contributed by atoms with Crippen molar-refractivity contribution in [1.82, 2.24) is 0 Å². The summed E-state index contributed by atoms with van der Waals surface area (Å²) in [4.78, 5) is 0. The number of fused-ring (bicyclic) bond motifs is 3. The summed E-state index contributed by atoms with van der Waals surface area (Å²) >= 11 is 1.91. The number of hydrogen-bond acceptors (Lipinski definition) is 1. The SMILES string of the molecule is CC1c2cccc(c2)-c2cccc3sc4cccc1c4c23. The normalized spacial score (nSPS) is 16.3. The van der Waals surface area contributed by atoms with E-state index in [9.17, 15) is 0 Å². The molecule has 0 radical (unpaired) electrons. The van der Waals surface area contributed by atoms with Crippen molar-refractivity contribution in [2.75, 3.05) is 0 Å². The van der Waals surface area contributed by atoms with E-state index in [1.54, 1.807) is 0 Å². The van der Waals surface area contributed by atoms with Crippen molar-refractivity contribution in [2.24, 2.45) is 0 Å². The van der Waals surface area contributed by atoms with Crippen molar-refractivity contribution < 1.29 is 0 Å². The molecule has 1 unspecified atom stereocenters. The molecule has 21 heavy (non-hydrogen) atoms. The van der Waals surface area contributed by atoms with Gasteiger partial charge in [0, 0.05) is 26.1 Å². The van der Waals surface area contributed by atoms with Crippen LogP contribution in [0, 0.1) is 0 Å². The van der Waals surface area contributed by atoms with Crippen LogP contribution in [0.3, 0.4) is 0 Å². The Bertz CT molecular complexity index is 1010. The van der Waals surface area contributed by atoms with Crippen molar-refractivity contribution >= 4 is 31.5 Å². The quantitative estimate of drug-likeness (QED) is 0.362. The number of thiophene rings is 1. The van der Waals surface area contributed by atoms with Crippen LogP contribution in [0.25, 0.3) is 31.3 Å². The molecule has 0 N–H and O–H groups in total. The van der Waals surface area contributed by atoms with E-state index in [0.717, 1.165) is 0 Å². The van der Waals surface area contributed by atoms with Gasteiger partial charge in [-0.15, -0.1) is 11.3 Å². The van der Waals surface area contributed by atoms with Crippen LogP contribution in [0.5, 0.6) is 0 Å². The third-order valence-corrected chi connectivity index (χ3v) is 5.84. The molecule has 1 heteroatoms. The molecule has 1 heterocycles. The average Bonchev–Trinajstić information content (AvgIpc) is 2.92. The molecule has 0 saturated carbocycles. The molecular formula is C20H14S. The Morgan fingerprint density at radius 1 is 0.810 bits per heavy atom. The zero-order chi connectivity index (χ0) is 14.0. The highest BCUT2D eigenvalue weighted by atomic mass is 32.1. The summed E-state index contributed by atoms with van der Waals surface area (Å²) in [5.74, 6) is 0.444. The molecule has 1 aliphatic carbocycles. The highest BCUT2D eigenvalue weighted by Gasteiger charge is 2.20. The first kappa shape index (κ1) is 11.5. The molecule has 3 aromatic carbocycles. The molecule has 100 valence electrons. The van der Waals surface area contributed by atoms with Gasteiger partial charge in [-0.3, -0.25) is 0 Å². The first-order valence-electron chi connectivity index (χ1n) is 7.37. The molecule has 4 aromatic rings. The first-order chi connectivity index (χ1) is 10.3.